The normalized spacial score (nSPS) is 10.7. The van der Waals surface area contributed by atoms with Gasteiger partial charge in [0.2, 0.25) is 5.69 Å². The van der Waals surface area contributed by atoms with Crippen LogP contribution in [0.15, 0.2) is 52.1 Å². The fraction of sp³-hybridized carbons (Fsp3) is 0.158. The quantitative estimate of drug-likeness (QED) is 0.751. The smallest absolute Gasteiger partial charge is 0.319 e. The van der Waals surface area contributed by atoms with Crippen molar-refractivity contribution in [3.05, 3.63) is 85.1 Å². The second kappa shape index (κ2) is 7.20. The number of nitrogens with zero attached hydrogens (tertiary/aromatic N) is 3. The lowest BCUT2D eigenvalue weighted by Gasteiger charge is -2.11. The third-order valence-electron chi connectivity index (χ3n) is 4.04. The highest BCUT2D eigenvalue weighted by atomic mass is 35.5. The molecule has 0 unspecified atom stereocenters. The monoisotopic (exact) mass is 384 g/mol. The molecule has 0 radical (unpaired) electrons. The lowest BCUT2D eigenvalue weighted by atomic mass is 10.2. The van der Waals surface area contributed by atoms with E-state index in [-0.39, 0.29) is 0 Å². The minimum absolute atomic E-state index is 0.340. The predicted octanol–water partition coefficient (Wildman–Crippen LogP) is 2.45. The van der Waals surface area contributed by atoms with Gasteiger partial charge in [-0.2, -0.15) is 9.78 Å². The van der Waals surface area contributed by atoms with Gasteiger partial charge in [0, 0.05) is 7.05 Å². The Bertz CT molecular complexity index is 1150. The molecule has 7 nitrogen and oxygen atoms in total. The van der Waals surface area contributed by atoms with Crippen LogP contribution in [0.2, 0.25) is 5.02 Å². The number of anilines is 1. The molecule has 0 aliphatic rings. The molecule has 0 atom stereocenters. The Morgan fingerprint density at radius 1 is 1.04 bits per heavy atom. The van der Waals surface area contributed by atoms with E-state index in [1.165, 1.54) is 7.05 Å². The van der Waals surface area contributed by atoms with E-state index in [0.29, 0.717) is 16.4 Å². The molecular formula is C19H17ClN4O3. The van der Waals surface area contributed by atoms with Crippen LogP contribution in [-0.2, 0) is 7.05 Å². The molecule has 3 aromatic rings. The summed E-state index contributed by atoms with van der Waals surface area (Å²) in [5.74, 6) is -0.748. The van der Waals surface area contributed by atoms with Gasteiger partial charge < -0.3 is 5.32 Å². The standard InChI is InChI=1S/C19H17ClN4O3/c1-11-4-7-13(8-5-11)24-19(27)23(3)18(26)16(22-24)17(25)21-15-9-6-12(2)10-14(15)20/h4-10H,1-3H3,(H,21,25). The van der Waals surface area contributed by atoms with Gasteiger partial charge in [0.15, 0.2) is 0 Å². The van der Waals surface area contributed by atoms with Gasteiger partial charge in [-0.05, 0) is 43.7 Å². The zero-order valence-electron chi connectivity index (χ0n) is 15.0. The third kappa shape index (κ3) is 3.68. The van der Waals surface area contributed by atoms with Crippen LogP contribution < -0.4 is 16.6 Å². The number of halogens is 1. The van der Waals surface area contributed by atoms with E-state index in [9.17, 15) is 14.4 Å². The van der Waals surface area contributed by atoms with Crippen molar-refractivity contribution in [2.75, 3.05) is 5.32 Å². The number of hydrogen-bond acceptors (Lipinski definition) is 4. The van der Waals surface area contributed by atoms with E-state index in [0.717, 1.165) is 20.4 Å². The molecule has 1 heterocycles. The van der Waals surface area contributed by atoms with E-state index in [1.807, 2.05) is 13.8 Å². The lowest BCUT2D eigenvalue weighted by molar-refractivity contribution is 0.101. The largest absolute Gasteiger partial charge is 0.351 e. The van der Waals surface area contributed by atoms with Crippen molar-refractivity contribution in [2.24, 2.45) is 7.05 Å². The number of benzene rings is 2. The maximum atomic E-state index is 12.6. The Morgan fingerprint density at radius 2 is 1.67 bits per heavy atom. The molecule has 0 fully saturated rings. The topological polar surface area (TPSA) is 86.0 Å². The SMILES string of the molecule is Cc1ccc(-n2nc(C(=O)Nc3ccc(C)cc3Cl)c(=O)n(C)c2=O)cc1. The highest BCUT2D eigenvalue weighted by Gasteiger charge is 2.19. The highest BCUT2D eigenvalue weighted by Crippen LogP contribution is 2.22. The first-order valence-electron chi connectivity index (χ1n) is 8.13. The van der Waals surface area contributed by atoms with Crippen molar-refractivity contribution in [3.63, 3.8) is 0 Å². The van der Waals surface area contributed by atoms with Crippen molar-refractivity contribution < 1.29 is 4.79 Å². The summed E-state index contributed by atoms with van der Waals surface area (Å²) in [7, 11) is 1.30. The summed E-state index contributed by atoms with van der Waals surface area (Å²) in [5, 5.41) is 6.90. The average molecular weight is 385 g/mol. The molecule has 2 aromatic carbocycles. The zero-order chi connectivity index (χ0) is 19.7. The van der Waals surface area contributed by atoms with Gasteiger partial charge in [-0.3, -0.25) is 14.2 Å². The summed E-state index contributed by atoms with van der Waals surface area (Å²) in [4.78, 5) is 37.4. The van der Waals surface area contributed by atoms with Crippen molar-refractivity contribution in [2.45, 2.75) is 13.8 Å². The van der Waals surface area contributed by atoms with Crippen LogP contribution in [-0.4, -0.2) is 20.3 Å². The summed E-state index contributed by atoms with van der Waals surface area (Å²) in [5.41, 5.74) is 0.892. The van der Waals surface area contributed by atoms with Crippen LogP contribution in [0.4, 0.5) is 5.69 Å². The van der Waals surface area contributed by atoms with Gasteiger partial charge in [0.25, 0.3) is 11.5 Å². The zero-order valence-corrected chi connectivity index (χ0v) is 15.7. The number of amides is 1. The second-order valence-corrected chi connectivity index (χ2v) is 6.59. The molecule has 1 amide bonds. The Balaban J connectivity index is 2.07. The van der Waals surface area contributed by atoms with Gasteiger partial charge in [-0.1, -0.05) is 35.4 Å². The Kier molecular flexibility index (Phi) is 4.96. The molecule has 0 saturated heterocycles. The number of carbonyl (C=O) groups excluding carboxylic acids is 1. The molecular weight excluding hydrogens is 368 g/mol. The number of aromatic nitrogens is 3. The Labute approximate surface area is 159 Å². The summed E-state index contributed by atoms with van der Waals surface area (Å²) in [6, 6.07) is 12.1. The first kappa shape index (κ1) is 18.6. The fourth-order valence-corrected chi connectivity index (χ4v) is 2.76. The van der Waals surface area contributed by atoms with Gasteiger partial charge in [0.1, 0.15) is 0 Å². The number of nitrogens with one attached hydrogen (secondary N) is 1. The molecule has 0 aliphatic carbocycles. The molecule has 0 saturated carbocycles. The average Bonchev–Trinajstić information content (AvgIpc) is 2.63. The van der Waals surface area contributed by atoms with Crippen molar-refractivity contribution in [1.29, 1.82) is 0 Å². The van der Waals surface area contributed by atoms with Crippen LogP contribution in [0, 0.1) is 13.8 Å². The number of carbonyl (C=O) groups is 1. The van der Waals surface area contributed by atoms with Crippen LogP contribution in [0.25, 0.3) is 5.69 Å². The summed E-state index contributed by atoms with van der Waals surface area (Å²) < 4.78 is 1.87. The minimum Gasteiger partial charge on any atom is -0.319 e. The van der Waals surface area contributed by atoms with E-state index in [4.69, 9.17) is 11.6 Å². The molecule has 0 bridgehead atoms. The molecule has 8 heteroatoms. The minimum atomic E-state index is -0.788. The van der Waals surface area contributed by atoms with Gasteiger partial charge >= 0.3 is 5.69 Å². The van der Waals surface area contributed by atoms with Crippen LogP contribution >= 0.6 is 11.6 Å². The first-order chi connectivity index (χ1) is 12.8. The third-order valence-corrected chi connectivity index (χ3v) is 4.35. The van der Waals surface area contributed by atoms with E-state index in [1.54, 1.807) is 42.5 Å². The highest BCUT2D eigenvalue weighted by molar-refractivity contribution is 6.34. The molecule has 3 rings (SSSR count). The van der Waals surface area contributed by atoms with Crippen molar-refractivity contribution in [3.8, 4) is 5.69 Å². The maximum Gasteiger partial charge on any atom is 0.351 e. The van der Waals surface area contributed by atoms with E-state index in [2.05, 4.69) is 10.4 Å². The molecule has 138 valence electrons. The second-order valence-electron chi connectivity index (χ2n) is 6.18. The van der Waals surface area contributed by atoms with Crippen LogP contribution in [0.1, 0.15) is 21.6 Å². The summed E-state index contributed by atoms with van der Waals surface area (Å²) in [6.45, 7) is 3.77. The number of aryl methyl sites for hydroxylation is 2. The fourth-order valence-electron chi connectivity index (χ4n) is 2.47. The Morgan fingerprint density at radius 3 is 2.30 bits per heavy atom. The van der Waals surface area contributed by atoms with Gasteiger partial charge in [0.05, 0.1) is 16.4 Å². The number of hydrogen-bond donors (Lipinski definition) is 1. The maximum absolute atomic E-state index is 12.6. The van der Waals surface area contributed by atoms with Crippen LogP contribution in [0.3, 0.4) is 0 Å². The molecule has 0 aliphatic heterocycles. The first-order valence-corrected chi connectivity index (χ1v) is 8.50. The van der Waals surface area contributed by atoms with Gasteiger partial charge in [-0.15, -0.1) is 0 Å². The van der Waals surface area contributed by atoms with E-state index >= 15 is 0 Å². The van der Waals surface area contributed by atoms with Gasteiger partial charge in [-0.25, -0.2) is 4.79 Å². The Hall–Kier alpha value is -3.19. The van der Waals surface area contributed by atoms with Crippen molar-refractivity contribution >= 4 is 23.2 Å². The molecule has 1 aromatic heterocycles. The molecule has 1 N–H and O–H groups in total. The predicted molar refractivity (Wildman–Crippen MR) is 104 cm³/mol. The van der Waals surface area contributed by atoms with Crippen molar-refractivity contribution in [1.82, 2.24) is 14.3 Å². The lowest BCUT2D eigenvalue weighted by Crippen LogP contribution is -2.43. The molecule has 27 heavy (non-hydrogen) atoms. The van der Waals surface area contributed by atoms with Crippen LogP contribution in [0.5, 0.6) is 0 Å². The molecule has 0 spiro atoms. The van der Waals surface area contributed by atoms with E-state index < -0.39 is 22.9 Å². The summed E-state index contributed by atoms with van der Waals surface area (Å²) in [6.07, 6.45) is 0. The summed E-state index contributed by atoms with van der Waals surface area (Å²) >= 11 is 6.13. The number of rotatable bonds is 3.